The Labute approximate surface area is 123 Å². The van der Waals surface area contributed by atoms with Crippen molar-refractivity contribution in [2.45, 2.75) is 25.2 Å². The van der Waals surface area contributed by atoms with E-state index in [0.717, 1.165) is 23.1 Å². The van der Waals surface area contributed by atoms with Crippen molar-refractivity contribution < 1.29 is 4.79 Å². The maximum atomic E-state index is 11.8. The Bertz CT molecular complexity index is 453. The summed E-state index contributed by atoms with van der Waals surface area (Å²) in [5.74, 6) is 0.724. The lowest BCUT2D eigenvalue weighted by Gasteiger charge is -2.29. The SMILES string of the molecule is CN1CCC(c2ccc(C(=O)CCN)cc2Br)CC1. The van der Waals surface area contributed by atoms with Crippen molar-refractivity contribution >= 4 is 21.7 Å². The van der Waals surface area contributed by atoms with Crippen LogP contribution in [0.2, 0.25) is 0 Å². The molecule has 0 amide bonds. The molecule has 2 N–H and O–H groups in total. The summed E-state index contributed by atoms with van der Waals surface area (Å²) >= 11 is 3.62. The molecule has 0 radical (unpaired) electrons. The molecule has 1 heterocycles. The van der Waals surface area contributed by atoms with E-state index >= 15 is 0 Å². The van der Waals surface area contributed by atoms with E-state index in [0.29, 0.717) is 18.9 Å². The average molecular weight is 325 g/mol. The lowest BCUT2D eigenvalue weighted by atomic mass is 9.89. The number of ketones is 1. The minimum absolute atomic E-state index is 0.123. The molecule has 0 aromatic heterocycles. The Kier molecular flexibility index (Phi) is 5.13. The Balaban J connectivity index is 2.13. The second kappa shape index (κ2) is 6.64. The van der Waals surface area contributed by atoms with E-state index in [-0.39, 0.29) is 5.78 Å². The summed E-state index contributed by atoms with van der Waals surface area (Å²) in [4.78, 5) is 14.2. The van der Waals surface area contributed by atoms with Crippen LogP contribution in [0.5, 0.6) is 0 Å². The first-order valence-electron chi connectivity index (χ1n) is 6.83. The van der Waals surface area contributed by atoms with Crippen LogP contribution in [0.1, 0.15) is 41.1 Å². The number of carbonyl (C=O) groups is 1. The highest BCUT2D eigenvalue weighted by Gasteiger charge is 2.20. The molecule has 0 saturated carbocycles. The zero-order valence-corrected chi connectivity index (χ0v) is 12.9. The molecule has 3 nitrogen and oxygen atoms in total. The van der Waals surface area contributed by atoms with Gasteiger partial charge in [0.1, 0.15) is 0 Å². The molecule has 1 fully saturated rings. The summed E-state index contributed by atoms with van der Waals surface area (Å²) < 4.78 is 1.06. The number of rotatable bonds is 4. The first kappa shape index (κ1) is 14.7. The van der Waals surface area contributed by atoms with E-state index in [1.165, 1.54) is 18.4 Å². The third kappa shape index (κ3) is 3.65. The minimum Gasteiger partial charge on any atom is -0.330 e. The smallest absolute Gasteiger partial charge is 0.164 e. The van der Waals surface area contributed by atoms with E-state index in [1.807, 2.05) is 12.1 Å². The molecule has 1 aliphatic heterocycles. The number of nitrogens with two attached hydrogens (primary N) is 1. The molecule has 1 aromatic carbocycles. The van der Waals surface area contributed by atoms with Gasteiger partial charge in [0.2, 0.25) is 0 Å². The molecule has 0 unspecified atom stereocenters. The van der Waals surface area contributed by atoms with Gasteiger partial charge < -0.3 is 10.6 Å². The number of Topliss-reactive ketones (excluding diaryl/α,β-unsaturated/α-hetero) is 1. The Morgan fingerprint density at radius 3 is 2.68 bits per heavy atom. The Hall–Kier alpha value is -0.710. The summed E-state index contributed by atoms with van der Waals surface area (Å²) in [5.41, 5.74) is 7.52. The molecule has 0 atom stereocenters. The zero-order valence-electron chi connectivity index (χ0n) is 11.4. The van der Waals surface area contributed by atoms with Gasteiger partial charge in [-0.1, -0.05) is 28.1 Å². The lowest BCUT2D eigenvalue weighted by Crippen LogP contribution is -2.29. The second-order valence-electron chi connectivity index (χ2n) is 5.28. The van der Waals surface area contributed by atoms with Gasteiger partial charge in [-0.2, -0.15) is 0 Å². The van der Waals surface area contributed by atoms with Crippen molar-refractivity contribution in [3.05, 3.63) is 33.8 Å². The van der Waals surface area contributed by atoms with Crippen molar-refractivity contribution in [3.8, 4) is 0 Å². The molecule has 4 heteroatoms. The van der Waals surface area contributed by atoms with Gasteiger partial charge in [0.15, 0.2) is 5.78 Å². The quantitative estimate of drug-likeness (QED) is 0.866. The van der Waals surface area contributed by atoms with E-state index in [2.05, 4.69) is 33.9 Å². The number of carbonyl (C=O) groups excluding carboxylic acids is 1. The molecule has 2 rings (SSSR count). The van der Waals surface area contributed by atoms with Crippen molar-refractivity contribution in [1.29, 1.82) is 0 Å². The van der Waals surface area contributed by atoms with Gasteiger partial charge in [0.05, 0.1) is 0 Å². The summed E-state index contributed by atoms with van der Waals surface area (Å²) in [6.45, 7) is 2.70. The Morgan fingerprint density at radius 2 is 2.11 bits per heavy atom. The molecule has 1 saturated heterocycles. The fourth-order valence-electron chi connectivity index (χ4n) is 2.63. The number of hydrogen-bond acceptors (Lipinski definition) is 3. The van der Waals surface area contributed by atoms with Crippen LogP contribution in [0, 0.1) is 0 Å². The molecule has 1 aliphatic rings. The van der Waals surface area contributed by atoms with Gasteiger partial charge in [-0.05, 0) is 57.1 Å². The highest BCUT2D eigenvalue weighted by atomic mass is 79.9. The number of likely N-dealkylation sites (tertiary alicyclic amines) is 1. The van der Waals surface area contributed by atoms with E-state index in [1.54, 1.807) is 0 Å². The van der Waals surface area contributed by atoms with Gasteiger partial charge in [-0.3, -0.25) is 4.79 Å². The number of nitrogens with zero attached hydrogens (tertiary/aromatic N) is 1. The average Bonchev–Trinajstić information content (AvgIpc) is 2.40. The number of hydrogen-bond donors (Lipinski definition) is 1. The van der Waals surface area contributed by atoms with E-state index < -0.39 is 0 Å². The zero-order chi connectivity index (χ0) is 13.8. The normalized spacial score (nSPS) is 17.6. The van der Waals surface area contributed by atoms with Crippen LogP contribution in [0.25, 0.3) is 0 Å². The summed E-state index contributed by atoms with van der Waals surface area (Å²) in [6.07, 6.45) is 2.79. The fourth-order valence-corrected chi connectivity index (χ4v) is 3.33. The molecule has 104 valence electrons. The van der Waals surface area contributed by atoms with Crippen LogP contribution in [-0.2, 0) is 0 Å². The minimum atomic E-state index is 0.123. The topological polar surface area (TPSA) is 46.3 Å². The van der Waals surface area contributed by atoms with Crippen molar-refractivity contribution in [3.63, 3.8) is 0 Å². The molecule has 0 aliphatic carbocycles. The first-order valence-corrected chi connectivity index (χ1v) is 7.62. The highest BCUT2D eigenvalue weighted by Crippen LogP contribution is 2.33. The number of halogens is 1. The standard InChI is InChI=1S/C15H21BrN2O/c1-18-8-5-11(6-9-18)13-3-2-12(10-14(13)16)15(19)4-7-17/h2-3,10-11H,4-9,17H2,1H3. The monoisotopic (exact) mass is 324 g/mol. The number of benzene rings is 1. The van der Waals surface area contributed by atoms with Gasteiger partial charge in [0, 0.05) is 16.5 Å². The second-order valence-corrected chi connectivity index (χ2v) is 6.13. The molecule has 0 spiro atoms. The molecule has 19 heavy (non-hydrogen) atoms. The van der Waals surface area contributed by atoms with Crippen LogP contribution < -0.4 is 5.73 Å². The summed E-state index contributed by atoms with van der Waals surface area (Å²) in [7, 11) is 2.17. The Morgan fingerprint density at radius 1 is 1.42 bits per heavy atom. The molecular weight excluding hydrogens is 304 g/mol. The molecule has 1 aromatic rings. The third-order valence-corrected chi connectivity index (χ3v) is 4.54. The van der Waals surface area contributed by atoms with Crippen LogP contribution >= 0.6 is 15.9 Å². The fraction of sp³-hybridized carbons (Fsp3) is 0.533. The van der Waals surface area contributed by atoms with Crippen LogP contribution in [0.3, 0.4) is 0 Å². The van der Waals surface area contributed by atoms with E-state index in [9.17, 15) is 4.79 Å². The molecular formula is C15H21BrN2O. The molecule has 0 bridgehead atoms. The maximum absolute atomic E-state index is 11.8. The summed E-state index contributed by atoms with van der Waals surface area (Å²) in [6, 6.07) is 5.99. The van der Waals surface area contributed by atoms with Gasteiger partial charge in [0.25, 0.3) is 0 Å². The van der Waals surface area contributed by atoms with Crippen molar-refractivity contribution in [2.75, 3.05) is 26.7 Å². The maximum Gasteiger partial charge on any atom is 0.164 e. The lowest BCUT2D eigenvalue weighted by molar-refractivity contribution is 0.0985. The highest BCUT2D eigenvalue weighted by molar-refractivity contribution is 9.10. The van der Waals surface area contributed by atoms with Crippen LogP contribution in [0.4, 0.5) is 0 Å². The largest absolute Gasteiger partial charge is 0.330 e. The van der Waals surface area contributed by atoms with Crippen molar-refractivity contribution in [1.82, 2.24) is 4.90 Å². The number of piperidine rings is 1. The van der Waals surface area contributed by atoms with Crippen LogP contribution in [0.15, 0.2) is 22.7 Å². The van der Waals surface area contributed by atoms with E-state index in [4.69, 9.17) is 5.73 Å². The first-order chi connectivity index (χ1) is 9.11. The predicted octanol–water partition coefficient (Wildman–Crippen LogP) is 2.79. The predicted molar refractivity (Wildman–Crippen MR) is 81.6 cm³/mol. The summed E-state index contributed by atoms with van der Waals surface area (Å²) in [5, 5.41) is 0. The van der Waals surface area contributed by atoms with Crippen molar-refractivity contribution in [2.24, 2.45) is 5.73 Å². The van der Waals surface area contributed by atoms with Gasteiger partial charge in [-0.15, -0.1) is 0 Å². The third-order valence-electron chi connectivity index (χ3n) is 3.85. The van der Waals surface area contributed by atoms with Gasteiger partial charge in [-0.25, -0.2) is 0 Å². The van der Waals surface area contributed by atoms with Gasteiger partial charge >= 0.3 is 0 Å². The van der Waals surface area contributed by atoms with Crippen LogP contribution in [-0.4, -0.2) is 37.4 Å².